The van der Waals surface area contributed by atoms with Crippen molar-refractivity contribution in [2.45, 2.75) is 51.1 Å². The van der Waals surface area contributed by atoms with Crippen LogP contribution in [0.3, 0.4) is 0 Å². The third-order valence-corrected chi connectivity index (χ3v) is 5.46. The Morgan fingerprint density at radius 2 is 1.50 bits per heavy atom. The van der Waals surface area contributed by atoms with Crippen molar-refractivity contribution in [2.24, 2.45) is 0 Å². The summed E-state index contributed by atoms with van der Waals surface area (Å²) in [4.78, 5) is 11.7. The first-order valence-corrected chi connectivity index (χ1v) is 11.5. The van der Waals surface area contributed by atoms with E-state index in [0.29, 0.717) is 19.0 Å². The topological polar surface area (TPSA) is 48.7 Å². The van der Waals surface area contributed by atoms with Crippen molar-refractivity contribution in [3.63, 3.8) is 0 Å². The molecule has 182 valence electrons. The molecule has 4 nitrogen and oxygen atoms in total. The first kappa shape index (κ1) is 25.4. The van der Waals surface area contributed by atoms with E-state index in [1.165, 1.54) is 12.1 Å². The van der Waals surface area contributed by atoms with E-state index in [2.05, 4.69) is 6.58 Å². The van der Waals surface area contributed by atoms with Crippen LogP contribution in [0.4, 0.5) is 13.2 Å². The predicted molar refractivity (Wildman–Crippen MR) is 127 cm³/mol. The van der Waals surface area contributed by atoms with Crippen LogP contribution in [0, 0.1) is 0 Å². The van der Waals surface area contributed by atoms with Gasteiger partial charge in [-0.05, 0) is 25.0 Å². The molecule has 0 aliphatic carbocycles. The first-order valence-electron chi connectivity index (χ1n) is 11.5. The molecule has 0 unspecified atom stereocenters. The maximum absolute atomic E-state index is 13.2. The van der Waals surface area contributed by atoms with Crippen LogP contribution in [0.25, 0.3) is 16.7 Å². The first-order chi connectivity index (χ1) is 16.4. The molecule has 0 saturated carbocycles. The Morgan fingerprint density at radius 3 is 2.18 bits per heavy atom. The number of benzene rings is 2. The van der Waals surface area contributed by atoms with Crippen LogP contribution >= 0.6 is 0 Å². The van der Waals surface area contributed by atoms with Crippen LogP contribution in [-0.2, 0) is 10.9 Å². The van der Waals surface area contributed by atoms with Gasteiger partial charge in [-0.2, -0.15) is 13.2 Å². The smallest absolute Gasteiger partial charge is 0.420 e. The van der Waals surface area contributed by atoms with Gasteiger partial charge < -0.3 is 13.9 Å². The summed E-state index contributed by atoms with van der Waals surface area (Å²) in [6.07, 6.45) is 2.35. The summed E-state index contributed by atoms with van der Waals surface area (Å²) in [6, 6.07) is 14.5. The lowest BCUT2D eigenvalue weighted by Gasteiger charge is -2.12. The van der Waals surface area contributed by atoms with Crippen LogP contribution in [0.15, 0.2) is 70.4 Å². The second kappa shape index (κ2) is 12.3. The van der Waals surface area contributed by atoms with Gasteiger partial charge in [-0.15, -0.1) is 0 Å². The van der Waals surface area contributed by atoms with Crippen LogP contribution < -0.4 is 10.4 Å². The van der Waals surface area contributed by atoms with Gasteiger partial charge in [0.15, 0.2) is 5.58 Å². The third-order valence-electron chi connectivity index (χ3n) is 5.46. The number of hydrogen-bond donors (Lipinski definition) is 0. The highest BCUT2D eigenvalue weighted by Crippen LogP contribution is 2.36. The number of para-hydroxylation sites is 1. The lowest BCUT2D eigenvalue weighted by atomic mass is 10.1. The van der Waals surface area contributed by atoms with E-state index in [-0.39, 0.29) is 11.1 Å². The summed E-state index contributed by atoms with van der Waals surface area (Å²) >= 11 is 0. The zero-order valence-electron chi connectivity index (χ0n) is 19.0. The van der Waals surface area contributed by atoms with Crippen molar-refractivity contribution in [1.29, 1.82) is 0 Å². The minimum Gasteiger partial charge on any atom is -0.494 e. The van der Waals surface area contributed by atoms with Crippen molar-refractivity contribution in [3.05, 3.63) is 82.7 Å². The van der Waals surface area contributed by atoms with E-state index in [9.17, 15) is 18.0 Å². The Morgan fingerprint density at radius 1 is 0.853 bits per heavy atom. The zero-order chi connectivity index (χ0) is 24.4. The molecule has 0 radical (unpaired) electrons. The van der Waals surface area contributed by atoms with Gasteiger partial charge in [0.05, 0.1) is 30.2 Å². The van der Waals surface area contributed by atoms with Gasteiger partial charge in [0.2, 0.25) is 0 Å². The van der Waals surface area contributed by atoms with Gasteiger partial charge >= 0.3 is 11.8 Å². The Hall–Kier alpha value is -3.22. The molecule has 1 heterocycles. The summed E-state index contributed by atoms with van der Waals surface area (Å²) in [6.45, 7) is 4.93. The Balaban J connectivity index is 1.31. The van der Waals surface area contributed by atoms with E-state index in [4.69, 9.17) is 13.9 Å². The van der Waals surface area contributed by atoms with Gasteiger partial charge in [-0.25, -0.2) is 4.79 Å². The summed E-state index contributed by atoms with van der Waals surface area (Å²) in [5, 5.41) is 0.145. The Bertz CT molecular complexity index is 1120. The Labute approximate surface area is 197 Å². The Kier molecular flexibility index (Phi) is 9.19. The fourth-order valence-corrected chi connectivity index (χ4v) is 3.67. The van der Waals surface area contributed by atoms with E-state index >= 15 is 0 Å². The number of fused-ring (bicyclic) bond motifs is 1. The van der Waals surface area contributed by atoms with Gasteiger partial charge in [-0.1, -0.05) is 75.1 Å². The number of ether oxygens (including phenoxy) is 2. The molecule has 0 fully saturated rings. The molecule has 3 rings (SSSR count). The molecule has 34 heavy (non-hydrogen) atoms. The maximum Gasteiger partial charge on any atom is 0.420 e. The summed E-state index contributed by atoms with van der Waals surface area (Å²) in [5.41, 5.74) is -1.35. The number of rotatable bonds is 13. The number of halogens is 3. The molecular weight excluding hydrogens is 445 g/mol. The molecule has 3 aromatic rings. The molecule has 0 N–H and O–H groups in total. The molecule has 7 heteroatoms. The zero-order valence-corrected chi connectivity index (χ0v) is 19.0. The molecule has 2 aromatic carbocycles. The second-order valence-corrected chi connectivity index (χ2v) is 8.07. The predicted octanol–water partition coefficient (Wildman–Crippen LogP) is 7.61. The normalized spacial score (nSPS) is 11.5. The minimum atomic E-state index is -4.62. The van der Waals surface area contributed by atoms with Crippen molar-refractivity contribution in [1.82, 2.24) is 0 Å². The number of unbranched alkanes of at least 4 members (excludes halogenated alkanes) is 6. The molecule has 0 atom stereocenters. The molecule has 0 bridgehead atoms. The standard InChI is InChI=1S/C27H29F3O4/c1-20(21-13-8-7-9-14-21)32-17-10-5-3-2-4-6-11-18-33-24-19-25(31)34-26-22(24)15-12-16-23(26)27(28,29)30/h7-9,12-16,19H,1-6,10-11,17-18H2. The number of hydrogen-bond acceptors (Lipinski definition) is 4. The van der Waals surface area contributed by atoms with Crippen LogP contribution in [-0.4, -0.2) is 13.2 Å². The molecule has 0 saturated heterocycles. The summed E-state index contributed by atoms with van der Waals surface area (Å²) in [5.74, 6) is 0.814. The van der Waals surface area contributed by atoms with Crippen molar-refractivity contribution >= 4 is 16.7 Å². The molecule has 0 spiro atoms. The largest absolute Gasteiger partial charge is 0.494 e. The molecule has 1 aromatic heterocycles. The van der Waals surface area contributed by atoms with Crippen molar-refractivity contribution < 1.29 is 27.1 Å². The van der Waals surface area contributed by atoms with E-state index in [1.807, 2.05) is 30.3 Å². The van der Waals surface area contributed by atoms with Gasteiger partial charge in [0.25, 0.3) is 0 Å². The van der Waals surface area contributed by atoms with E-state index < -0.39 is 22.9 Å². The molecular formula is C27H29F3O4. The maximum atomic E-state index is 13.2. The highest BCUT2D eigenvalue weighted by molar-refractivity contribution is 5.86. The van der Waals surface area contributed by atoms with Crippen molar-refractivity contribution in [2.75, 3.05) is 13.2 Å². The highest BCUT2D eigenvalue weighted by atomic mass is 19.4. The minimum absolute atomic E-state index is 0.120. The summed E-state index contributed by atoms with van der Waals surface area (Å²) in [7, 11) is 0. The lowest BCUT2D eigenvalue weighted by molar-refractivity contribution is -0.136. The third kappa shape index (κ3) is 7.40. The molecule has 0 aliphatic heterocycles. The quantitative estimate of drug-likeness (QED) is 0.145. The van der Waals surface area contributed by atoms with Gasteiger partial charge in [-0.3, -0.25) is 0 Å². The van der Waals surface area contributed by atoms with Gasteiger partial charge in [0.1, 0.15) is 11.5 Å². The highest BCUT2D eigenvalue weighted by Gasteiger charge is 2.34. The number of alkyl halides is 3. The fraction of sp³-hybridized carbons (Fsp3) is 0.370. The van der Waals surface area contributed by atoms with Gasteiger partial charge in [0, 0.05) is 5.56 Å². The average molecular weight is 475 g/mol. The second-order valence-electron chi connectivity index (χ2n) is 8.07. The fourth-order valence-electron chi connectivity index (χ4n) is 3.67. The summed E-state index contributed by atoms with van der Waals surface area (Å²) < 4.78 is 55.7. The monoisotopic (exact) mass is 474 g/mol. The van der Waals surface area contributed by atoms with Crippen LogP contribution in [0.1, 0.15) is 56.1 Å². The lowest BCUT2D eigenvalue weighted by Crippen LogP contribution is -2.09. The average Bonchev–Trinajstić information content (AvgIpc) is 2.81. The SMILES string of the molecule is C=C(OCCCCCCCCCOc1cc(=O)oc2c(C(F)(F)F)cccc12)c1ccccc1. The van der Waals surface area contributed by atoms with Crippen LogP contribution in [0.2, 0.25) is 0 Å². The van der Waals surface area contributed by atoms with Crippen molar-refractivity contribution in [3.8, 4) is 5.75 Å². The molecule has 0 aliphatic rings. The van der Waals surface area contributed by atoms with E-state index in [1.54, 1.807) is 0 Å². The van der Waals surface area contributed by atoms with Crippen LogP contribution in [0.5, 0.6) is 5.75 Å². The molecule has 0 amide bonds. The van der Waals surface area contributed by atoms with E-state index in [0.717, 1.165) is 62.6 Å².